The molecule has 0 N–H and O–H groups in total. The smallest absolute Gasteiger partial charge is 0.130 e. The van der Waals surface area contributed by atoms with Crippen molar-refractivity contribution in [3.05, 3.63) is 48.6 Å². The van der Waals surface area contributed by atoms with Crippen molar-refractivity contribution in [2.45, 2.75) is 32.6 Å². The van der Waals surface area contributed by atoms with Gasteiger partial charge in [-0.1, -0.05) is 43.3 Å². The first-order valence-corrected chi connectivity index (χ1v) is 5.80. The normalized spacial score (nSPS) is 14.1. The molecule has 16 heavy (non-hydrogen) atoms. The summed E-state index contributed by atoms with van der Waals surface area (Å²) in [5.41, 5.74) is 1.26. The second-order valence-electron chi connectivity index (χ2n) is 4.42. The molecule has 0 unspecified atom stereocenters. The summed E-state index contributed by atoms with van der Waals surface area (Å²) >= 11 is 0. The van der Waals surface area contributed by atoms with Crippen LogP contribution in [-0.4, -0.2) is 5.78 Å². The van der Waals surface area contributed by atoms with Crippen LogP contribution in [0.5, 0.6) is 0 Å². The third-order valence-electron chi connectivity index (χ3n) is 2.96. The number of hydrogen-bond acceptors (Lipinski definition) is 1. The largest absolute Gasteiger partial charge is 0.300 e. The Morgan fingerprint density at radius 2 is 2.00 bits per heavy atom. The van der Waals surface area contributed by atoms with Gasteiger partial charge in [0.1, 0.15) is 5.78 Å². The van der Waals surface area contributed by atoms with E-state index in [0.717, 1.165) is 6.42 Å². The fourth-order valence-electron chi connectivity index (χ4n) is 2.08. The van der Waals surface area contributed by atoms with Crippen LogP contribution in [0, 0.1) is 5.92 Å². The summed E-state index contributed by atoms with van der Waals surface area (Å²) in [7, 11) is 0. The molecule has 0 bridgehead atoms. The molecule has 1 aromatic carbocycles. The first kappa shape index (κ1) is 12.7. The maximum Gasteiger partial charge on any atom is 0.130 e. The molecule has 0 spiro atoms. The van der Waals surface area contributed by atoms with Crippen LogP contribution < -0.4 is 0 Å². The third-order valence-corrected chi connectivity index (χ3v) is 2.96. The number of carbonyl (C=O) groups is 1. The summed E-state index contributed by atoms with van der Waals surface area (Å²) in [6, 6.07) is 10.3. The molecule has 0 radical (unpaired) electrons. The van der Waals surface area contributed by atoms with Gasteiger partial charge in [-0.15, -0.1) is 6.58 Å². The van der Waals surface area contributed by atoms with Gasteiger partial charge < -0.3 is 4.79 Å². The Kier molecular flexibility index (Phi) is 4.97. The van der Waals surface area contributed by atoms with Crippen LogP contribution >= 0.6 is 0 Å². The van der Waals surface area contributed by atoms with Crippen LogP contribution in [0.1, 0.15) is 38.2 Å². The van der Waals surface area contributed by atoms with Gasteiger partial charge in [0.15, 0.2) is 0 Å². The maximum atomic E-state index is 11.3. The molecule has 0 fully saturated rings. The van der Waals surface area contributed by atoms with Gasteiger partial charge in [-0.2, -0.15) is 0 Å². The molecule has 2 atom stereocenters. The van der Waals surface area contributed by atoms with Gasteiger partial charge in [0.25, 0.3) is 0 Å². The number of hydrogen-bond donors (Lipinski definition) is 0. The fraction of sp³-hybridized carbons (Fsp3) is 0.400. The highest BCUT2D eigenvalue weighted by atomic mass is 16.1. The minimum Gasteiger partial charge on any atom is -0.300 e. The van der Waals surface area contributed by atoms with E-state index in [4.69, 9.17) is 0 Å². The average Bonchev–Trinajstić information content (AvgIpc) is 2.27. The lowest BCUT2D eigenvalue weighted by molar-refractivity contribution is -0.117. The zero-order valence-electron chi connectivity index (χ0n) is 10.1. The summed E-state index contributed by atoms with van der Waals surface area (Å²) in [4.78, 5) is 11.3. The Labute approximate surface area is 98.2 Å². The average molecular weight is 216 g/mol. The van der Waals surface area contributed by atoms with Crippen molar-refractivity contribution >= 4 is 5.78 Å². The molecule has 1 heteroatoms. The predicted molar refractivity (Wildman–Crippen MR) is 68.5 cm³/mol. The highest BCUT2D eigenvalue weighted by molar-refractivity contribution is 5.76. The fourth-order valence-corrected chi connectivity index (χ4v) is 2.08. The second kappa shape index (κ2) is 6.26. The molecular weight excluding hydrogens is 196 g/mol. The number of allylic oxidation sites excluding steroid dienone is 1. The van der Waals surface area contributed by atoms with Gasteiger partial charge in [-0.05, 0) is 30.7 Å². The molecule has 1 nitrogen and oxygen atoms in total. The van der Waals surface area contributed by atoms with E-state index >= 15 is 0 Å². The van der Waals surface area contributed by atoms with E-state index < -0.39 is 0 Å². The van der Waals surface area contributed by atoms with Crippen molar-refractivity contribution in [2.75, 3.05) is 0 Å². The van der Waals surface area contributed by atoms with E-state index in [-0.39, 0.29) is 5.78 Å². The quantitative estimate of drug-likeness (QED) is 0.658. The molecule has 0 saturated carbocycles. The number of rotatable bonds is 6. The lowest BCUT2D eigenvalue weighted by Gasteiger charge is -2.22. The highest BCUT2D eigenvalue weighted by Gasteiger charge is 2.19. The molecule has 86 valence electrons. The van der Waals surface area contributed by atoms with Crippen LogP contribution in [-0.2, 0) is 4.79 Å². The van der Waals surface area contributed by atoms with Crippen LogP contribution in [0.4, 0.5) is 0 Å². The zero-order chi connectivity index (χ0) is 12.0. The standard InChI is InChI=1S/C15H20O/c1-4-8-12(2)15(11-13(3)16)14-9-6-5-7-10-14/h4-7,9-10,12,15H,1,8,11H2,2-3H3/t12-,15+/m1/s1. The predicted octanol–water partition coefficient (Wildman–Crippen LogP) is 3.96. The molecule has 1 aromatic rings. The molecule has 0 saturated heterocycles. The summed E-state index contributed by atoms with van der Waals surface area (Å²) in [6.07, 6.45) is 3.51. The maximum absolute atomic E-state index is 11.3. The minimum absolute atomic E-state index is 0.254. The van der Waals surface area contributed by atoms with Crippen molar-refractivity contribution in [3.63, 3.8) is 0 Å². The SMILES string of the molecule is C=CC[C@@H](C)[C@H](CC(C)=O)c1ccccc1. The number of Topliss-reactive ketones (excluding diaryl/α,β-unsaturated/α-hetero) is 1. The second-order valence-corrected chi connectivity index (χ2v) is 4.42. The Bertz CT molecular complexity index is 340. The number of benzene rings is 1. The highest BCUT2D eigenvalue weighted by Crippen LogP contribution is 2.30. The van der Waals surface area contributed by atoms with Crippen molar-refractivity contribution in [1.29, 1.82) is 0 Å². The van der Waals surface area contributed by atoms with E-state index in [1.54, 1.807) is 6.92 Å². The molecule has 0 aliphatic heterocycles. The van der Waals surface area contributed by atoms with E-state index in [1.165, 1.54) is 5.56 Å². The lowest BCUT2D eigenvalue weighted by Crippen LogP contribution is -2.12. The van der Waals surface area contributed by atoms with E-state index in [2.05, 4.69) is 25.6 Å². The van der Waals surface area contributed by atoms with Crippen LogP contribution in [0.15, 0.2) is 43.0 Å². The molecule has 0 amide bonds. The Morgan fingerprint density at radius 3 is 2.50 bits per heavy atom. The minimum atomic E-state index is 0.254. The monoisotopic (exact) mass is 216 g/mol. The molecule has 0 aromatic heterocycles. The van der Waals surface area contributed by atoms with Crippen molar-refractivity contribution < 1.29 is 4.79 Å². The number of ketones is 1. The molecule has 1 rings (SSSR count). The van der Waals surface area contributed by atoms with Gasteiger partial charge in [0.05, 0.1) is 0 Å². The number of carbonyl (C=O) groups excluding carboxylic acids is 1. The van der Waals surface area contributed by atoms with Gasteiger partial charge in [-0.25, -0.2) is 0 Å². The summed E-state index contributed by atoms with van der Waals surface area (Å²) in [5, 5.41) is 0. The molecular formula is C15H20O. The van der Waals surface area contributed by atoms with Gasteiger partial charge in [0, 0.05) is 6.42 Å². The summed E-state index contributed by atoms with van der Waals surface area (Å²) in [6.45, 7) is 7.62. The third kappa shape index (κ3) is 3.65. The molecule has 0 aliphatic carbocycles. The van der Waals surface area contributed by atoms with Gasteiger partial charge in [-0.3, -0.25) is 0 Å². The van der Waals surface area contributed by atoms with Crippen molar-refractivity contribution in [2.24, 2.45) is 5.92 Å². The van der Waals surface area contributed by atoms with Crippen molar-refractivity contribution in [3.8, 4) is 0 Å². The zero-order valence-corrected chi connectivity index (χ0v) is 10.1. The molecule has 0 aliphatic rings. The van der Waals surface area contributed by atoms with E-state index in [9.17, 15) is 4.79 Å². The van der Waals surface area contributed by atoms with Crippen LogP contribution in [0.3, 0.4) is 0 Å². The Morgan fingerprint density at radius 1 is 1.38 bits per heavy atom. The first-order valence-electron chi connectivity index (χ1n) is 5.80. The Balaban J connectivity index is 2.86. The van der Waals surface area contributed by atoms with E-state index in [1.807, 2.05) is 24.3 Å². The topological polar surface area (TPSA) is 17.1 Å². The van der Waals surface area contributed by atoms with Crippen LogP contribution in [0.2, 0.25) is 0 Å². The Hall–Kier alpha value is -1.37. The van der Waals surface area contributed by atoms with Crippen molar-refractivity contribution in [1.82, 2.24) is 0 Å². The van der Waals surface area contributed by atoms with Gasteiger partial charge >= 0.3 is 0 Å². The molecule has 0 heterocycles. The van der Waals surface area contributed by atoms with Crippen LogP contribution in [0.25, 0.3) is 0 Å². The summed E-state index contributed by atoms with van der Waals surface area (Å²) in [5.74, 6) is 1.03. The lowest BCUT2D eigenvalue weighted by atomic mass is 9.82. The first-order chi connectivity index (χ1) is 7.65. The van der Waals surface area contributed by atoms with Gasteiger partial charge in [0.2, 0.25) is 0 Å². The van der Waals surface area contributed by atoms with E-state index in [0.29, 0.717) is 18.3 Å². The summed E-state index contributed by atoms with van der Waals surface area (Å²) < 4.78 is 0.